The summed E-state index contributed by atoms with van der Waals surface area (Å²) in [5, 5.41) is 0. The minimum absolute atomic E-state index is 0.216. The Morgan fingerprint density at radius 3 is 2.65 bits per heavy atom. The van der Waals surface area contributed by atoms with Crippen LogP contribution in [0.3, 0.4) is 0 Å². The highest BCUT2D eigenvalue weighted by atomic mass is 32.2. The van der Waals surface area contributed by atoms with E-state index in [0.29, 0.717) is 0 Å². The Hall–Kier alpha value is -1.21. The van der Waals surface area contributed by atoms with Gasteiger partial charge in [0.2, 0.25) is 0 Å². The van der Waals surface area contributed by atoms with Crippen LogP contribution in [0.25, 0.3) is 0 Å². The van der Waals surface area contributed by atoms with Crippen molar-refractivity contribution < 1.29 is 0 Å². The maximum Gasteiger partial charge on any atom is 0.165 e. The summed E-state index contributed by atoms with van der Waals surface area (Å²) in [6, 6.07) is 11.2. The average molecular weight is 281 g/mol. The highest BCUT2D eigenvalue weighted by molar-refractivity contribution is 8.04. The van der Waals surface area contributed by atoms with Crippen LogP contribution < -0.4 is 0 Å². The van der Waals surface area contributed by atoms with Gasteiger partial charge in [0.05, 0.1) is 10.9 Å². The fourth-order valence-corrected chi connectivity index (χ4v) is 5.95. The minimum atomic E-state index is 0.216. The highest BCUT2D eigenvalue weighted by Crippen LogP contribution is 2.51. The molecule has 0 heterocycles. The summed E-state index contributed by atoms with van der Waals surface area (Å²) >= 11 is 0. The zero-order valence-electron chi connectivity index (χ0n) is 11.8. The molecule has 1 saturated carbocycles. The first-order valence-electron chi connectivity index (χ1n) is 7.77. The molecule has 3 aliphatic rings. The molecule has 3 atom stereocenters. The first kappa shape index (κ1) is 12.5. The van der Waals surface area contributed by atoms with Crippen molar-refractivity contribution in [1.29, 1.82) is 0 Å². The van der Waals surface area contributed by atoms with Crippen molar-refractivity contribution >= 4 is 10.9 Å². The van der Waals surface area contributed by atoms with Gasteiger partial charge in [0, 0.05) is 12.8 Å². The number of benzene rings is 1. The highest BCUT2D eigenvalue weighted by Gasteiger charge is 2.43. The molecule has 0 amide bonds. The van der Waals surface area contributed by atoms with E-state index in [0.717, 1.165) is 11.8 Å². The lowest BCUT2D eigenvalue weighted by atomic mass is 10.1. The molecule has 3 aliphatic carbocycles. The van der Waals surface area contributed by atoms with Gasteiger partial charge in [-0.2, -0.15) is 0 Å². The molecule has 0 aliphatic heterocycles. The van der Waals surface area contributed by atoms with Gasteiger partial charge in [-0.05, 0) is 55.4 Å². The molecule has 0 N–H and O–H groups in total. The summed E-state index contributed by atoms with van der Waals surface area (Å²) in [6.07, 6.45) is 16.2. The molecule has 20 heavy (non-hydrogen) atoms. The van der Waals surface area contributed by atoms with Gasteiger partial charge in [-0.3, -0.25) is 0 Å². The van der Waals surface area contributed by atoms with Crippen molar-refractivity contribution in [1.82, 2.24) is 0 Å². The lowest BCUT2D eigenvalue weighted by Gasteiger charge is -2.17. The molecule has 1 aromatic rings. The van der Waals surface area contributed by atoms with Crippen molar-refractivity contribution in [2.24, 2.45) is 11.8 Å². The number of fused-ring (bicyclic) bond motifs is 1. The van der Waals surface area contributed by atoms with Crippen molar-refractivity contribution in [3.63, 3.8) is 0 Å². The standard InChI is InChI=1S/C19H21S/c1-3-7-17(8-4-1)20(18-9-5-2-6-10-18)19-12-11-15-13-16(15)14-19/h1-5,7-9,14-16H,6,10-13H2/q+1. The first-order chi connectivity index (χ1) is 9.92. The fraction of sp³-hybridized carbons (Fsp3) is 0.368. The van der Waals surface area contributed by atoms with E-state index < -0.39 is 0 Å². The number of allylic oxidation sites excluding steroid dienone is 6. The van der Waals surface area contributed by atoms with Gasteiger partial charge in [-0.1, -0.05) is 30.4 Å². The Bertz CT molecular complexity index is 579. The summed E-state index contributed by atoms with van der Waals surface area (Å²) in [7, 11) is 0.216. The molecule has 0 nitrogen and oxygen atoms in total. The van der Waals surface area contributed by atoms with Crippen molar-refractivity contribution in [2.45, 2.75) is 37.0 Å². The summed E-state index contributed by atoms with van der Waals surface area (Å²) in [6.45, 7) is 0. The van der Waals surface area contributed by atoms with Crippen LogP contribution in [0.15, 0.2) is 69.3 Å². The van der Waals surface area contributed by atoms with Gasteiger partial charge in [-0.15, -0.1) is 0 Å². The normalized spacial score (nSPS) is 29.2. The molecule has 1 heteroatoms. The molecule has 0 aromatic heterocycles. The van der Waals surface area contributed by atoms with Crippen LogP contribution in [0.4, 0.5) is 0 Å². The summed E-state index contributed by atoms with van der Waals surface area (Å²) in [4.78, 5) is 4.87. The molecule has 0 bridgehead atoms. The van der Waals surface area contributed by atoms with Gasteiger partial charge < -0.3 is 0 Å². The molecule has 3 unspecified atom stereocenters. The Labute approximate surface area is 124 Å². The van der Waals surface area contributed by atoms with Crippen molar-refractivity contribution in [2.75, 3.05) is 0 Å². The number of hydrogen-bond donors (Lipinski definition) is 0. The van der Waals surface area contributed by atoms with E-state index in [1.54, 1.807) is 9.81 Å². The largest absolute Gasteiger partial charge is 0.165 e. The van der Waals surface area contributed by atoms with Crippen molar-refractivity contribution in [3.8, 4) is 0 Å². The third-order valence-corrected chi connectivity index (χ3v) is 7.09. The van der Waals surface area contributed by atoms with Crippen LogP contribution >= 0.6 is 0 Å². The van der Waals surface area contributed by atoms with E-state index in [4.69, 9.17) is 0 Å². The van der Waals surface area contributed by atoms with Gasteiger partial charge >= 0.3 is 0 Å². The lowest BCUT2D eigenvalue weighted by molar-refractivity contribution is 0.676. The molecule has 0 saturated heterocycles. The predicted molar refractivity (Wildman–Crippen MR) is 87.4 cm³/mol. The third-order valence-electron chi connectivity index (χ3n) is 4.62. The van der Waals surface area contributed by atoms with Crippen LogP contribution in [0, 0.1) is 11.8 Å². The maximum absolute atomic E-state index is 2.63. The van der Waals surface area contributed by atoms with Crippen LogP contribution in [-0.4, -0.2) is 0 Å². The van der Waals surface area contributed by atoms with E-state index in [1.807, 2.05) is 0 Å². The van der Waals surface area contributed by atoms with Gasteiger partial charge in [0.15, 0.2) is 4.90 Å². The second-order valence-electron chi connectivity index (χ2n) is 6.05. The number of hydrogen-bond acceptors (Lipinski definition) is 0. The summed E-state index contributed by atoms with van der Waals surface area (Å²) in [5.74, 6) is 1.94. The van der Waals surface area contributed by atoms with E-state index >= 15 is 0 Å². The van der Waals surface area contributed by atoms with E-state index in [2.05, 4.69) is 54.6 Å². The quantitative estimate of drug-likeness (QED) is 0.667. The lowest BCUT2D eigenvalue weighted by Crippen LogP contribution is -2.13. The predicted octanol–water partition coefficient (Wildman–Crippen LogP) is 5.21. The molecule has 102 valence electrons. The number of rotatable bonds is 3. The Kier molecular flexibility index (Phi) is 3.31. The van der Waals surface area contributed by atoms with Gasteiger partial charge in [0.1, 0.15) is 9.81 Å². The Morgan fingerprint density at radius 1 is 1.00 bits per heavy atom. The Balaban J connectivity index is 1.73. The molecule has 0 spiro atoms. The van der Waals surface area contributed by atoms with E-state index in [1.165, 1.54) is 37.0 Å². The fourth-order valence-electron chi connectivity index (χ4n) is 3.41. The molecule has 1 fully saturated rings. The SMILES string of the molecule is C1=CCCC([S+](C2=CC3CC3CC2)c2ccccc2)=C1. The topological polar surface area (TPSA) is 0 Å². The summed E-state index contributed by atoms with van der Waals surface area (Å²) < 4.78 is 0. The first-order valence-corrected chi connectivity index (χ1v) is 9.00. The van der Waals surface area contributed by atoms with Gasteiger partial charge in [0.25, 0.3) is 0 Å². The van der Waals surface area contributed by atoms with Crippen LogP contribution in [0.2, 0.25) is 0 Å². The van der Waals surface area contributed by atoms with Crippen LogP contribution in [0.5, 0.6) is 0 Å². The third kappa shape index (κ3) is 2.40. The second kappa shape index (κ2) is 5.29. The summed E-state index contributed by atoms with van der Waals surface area (Å²) in [5.41, 5.74) is 0. The average Bonchev–Trinajstić information content (AvgIpc) is 3.28. The monoisotopic (exact) mass is 281 g/mol. The zero-order valence-corrected chi connectivity index (χ0v) is 12.6. The smallest absolute Gasteiger partial charge is 0.0839 e. The zero-order chi connectivity index (χ0) is 13.4. The van der Waals surface area contributed by atoms with Crippen LogP contribution in [0.1, 0.15) is 32.1 Å². The molecular weight excluding hydrogens is 260 g/mol. The van der Waals surface area contributed by atoms with Crippen LogP contribution in [-0.2, 0) is 10.9 Å². The molecule has 4 rings (SSSR count). The van der Waals surface area contributed by atoms with Crippen molar-refractivity contribution in [3.05, 3.63) is 64.4 Å². The van der Waals surface area contributed by atoms with E-state index in [9.17, 15) is 0 Å². The molecular formula is C19H21S+. The van der Waals surface area contributed by atoms with Gasteiger partial charge in [-0.25, -0.2) is 0 Å². The minimum Gasteiger partial charge on any atom is -0.0839 e. The maximum atomic E-state index is 2.63. The molecule has 1 aromatic carbocycles. The van der Waals surface area contributed by atoms with E-state index in [-0.39, 0.29) is 10.9 Å². The Morgan fingerprint density at radius 2 is 1.90 bits per heavy atom. The second-order valence-corrected chi connectivity index (χ2v) is 8.18. The molecule has 0 radical (unpaired) electrons.